The minimum Gasteiger partial charge on any atom is -0.481 e. The van der Waals surface area contributed by atoms with E-state index in [4.69, 9.17) is 23.7 Å². The molecule has 56 heavy (non-hydrogen) atoms. The van der Waals surface area contributed by atoms with Gasteiger partial charge >= 0.3 is 5.97 Å². The lowest BCUT2D eigenvalue weighted by molar-refractivity contribution is -0.330. The third kappa shape index (κ3) is 12.7. The van der Waals surface area contributed by atoms with E-state index in [1.165, 1.54) is 14.0 Å². The summed E-state index contributed by atoms with van der Waals surface area (Å²) in [4.78, 5) is 14.5. The van der Waals surface area contributed by atoms with E-state index in [0.29, 0.717) is 25.9 Å². The van der Waals surface area contributed by atoms with E-state index < -0.39 is 77.4 Å². The van der Waals surface area contributed by atoms with Crippen LogP contribution >= 0.6 is 0 Å². The van der Waals surface area contributed by atoms with Crippen LogP contribution in [0, 0.1) is 17.8 Å². The average Bonchev–Trinajstić information content (AvgIpc) is 3.12. The summed E-state index contributed by atoms with van der Waals surface area (Å²) < 4.78 is 31.4. The standard InChI is InChI=1S/C41H81N3O12/c1-15-17-42-23-41(51)29(8)54-34(21-39(41,10)52-14)55-31(26(5)36(47)48)19-33(56-37-35(46)30(44(12)13)18-25(4)53-37)38(9,49)20-24(3)22-43-28(7)27(6)40(11,50)32(45)16-2/h24-35,37,42-43,45-46,49-51H,15-23H2,1-14H3,(H,47,48)/t24-,25-,26-,27?,28-,29+,30+,31+,32?,33-,34?,35?,37+,38-,39-,40+,41+/m1/s1. The monoisotopic (exact) mass is 808 g/mol. The molecular weight excluding hydrogens is 726 g/mol. The van der Waals surface area contributed by atoms with Crippen molar-refractivity contribution in [1.29, 1.82) is 0 Å². The van der Waals surface area contributed by atoms with Crippen molar-refractivity contribution < 1.29 is 59.1 Å². The molecule has 2 fully saturated rings. The highest BCUT2D eigenvalue weighted by Gasteiger charge is 2.57. The summed E-state index contributed by atoms with van der Waals surface area (Å²) in [5, 5.41) is 74.2. The number of nitrogens with one attached hydrogen (secondary N) is 2. The maximum Gasteiger partial charge on any atom is 0.308 e. The van der Waals surface area contributed by atoms with Crippen LogP contribution in [0.3, 0.4) is 0 Å². The van der Waals surface area contributed by atoms with E-state index in [9.17, 15) is 35.4 Å². The summed E-state index contributed by atoms with van der Waals surface area (Å²) in [7, 11) is 5.26. The number of hydrogen-bond donors (Lipinski definition) is 8. The van der Waals surface area contributed by atoms with Crippen molar-refractivity contribution >= 4 is 5.97 Å². The number of methoxy groups -OCH3 is 1. The maximum atomic E-state index is 12.6. The molecule has 2 aliphatic rings. The highest BCUT2D eigenvalue weighted by molar-refractivity contribution is 5.70. The van der Waals surface area contributed by atoms with Crippen LogP contribution in [0.25, 0.3) is 0 Å². The van der Waals surface area contributed by atoms with Crippen molar-refractivity contribution in [3.8, 4) is 0 Å². The SMILES string of the molecule is CCCNC[C@]1(O)[C@H](C)OC(O[C@@H](C[C@@H](O[C@@H]2O[C@H](C)C[C@H](N(C)C)C2O)[C@](C)(O)C[C@@H](C)CN[C@H](C)C(C)[C@](C)(O)C(O)CC)[C@@H](C)C(=O)O)C[C@@]1(C)OC. The predicted molar refractivity (Wildman–Crippen MR) is 214 cm³/mol. The van der Waals surface area contributed by atoms with Gasteiger partial charge in [-0.2, -0.15) is 0 Å². The fraction of sp³-hybridized carbons (Fsp3) is 0.976. The van der Waals surface area contributed by atoms with Crippen LogP contribution in [0.1, 0.15) is 115 Å². The van der Waals surface area contributed by atoms with Gasteiger partial charge in [-0.05, 0) is 107 Å². The topological polar surface area (TPSA) is 212 Å². The fourth-order valence-electron chi connectivity index (χ4n) is 8.35. The van der Waals surface area contributed by atoms with E-state index in [-0.39, 0.29) is 55.8 Å². The highest BCUT2D eigenvalue weighted by atomic mass is 16.7. The third-order valence-corrected chi connectivity index (χ3v) is 13.0. The Kier molecular flexibility index (Phi) is 19.6. The fourth-order valence-corrected chi connectivity index (χ4v) is 8.35. The Hall–Kier alpha value is -1.05. The van der Waals surface area contributed by atoms with Gasteiger partial charge in [-0.15, -0.1) is 0 Å². The summed E-state index contributed by atoms with van der Waals surface area (Å²) >= 11 is 0. The zero-order valence-corrected chi connectivity index (χ0v) is 36.9. The number of nitrogens with zero attached hydrogens (tertiary/aromatic N) is 1. The van der Waals surface area contributed by atoms with Crippen molar-refractivity contribution in [2.45, 2.75) is 198 Å². The molecule has 0 aromatic carbocycles. The Morgan fingerprint density at radius 1 is 1.07 bits per heavy atom. The number of likely N-dealkylation sites (N-methyl/N-ethyl adjacent to an activating group) is 1. The molecular formula is C41H81N3O12. The van der Waals surface area contributed by atoms with E-state index in [1.54, 1.807) is 27.7 Å². The number of aliphatic hydroxyl groups is 5. The van der Waals surface area contributed by atoms with Gasteiger partial charge in [0.1, 0.15) is 17.3 Å². The van der Waals surface area contributed by atoms with Gasteiger partial charge in [0.15, 0.2) is 12.6 Å². The lowest BCUT2D eigenvalue weighted by Crippen LogP contribution is -2.70. The molecule has 2 aliphatic heterocycles. The minimum absolute atomic E-state index is 0.0941. The molecule has 0 aromatic heterocycles. The second-order valence-electron chi connectivity index (χ2n) is 18.0. The van der Waals surface area contributed by atoms with Crippen molar-refractivity contribution in [2.75, 3.05) is 40.8 Å². The molecule has 2 heterocycles. The van der Waals surface area contributed by atoms with Gasteiger partial charge in [-0.3, -0.25) is 4.79 Å². The lowest BCUT2D eigenvalue weighted by Gasteiger charge is -2.53. The Morgan fingerprint density at radius 2 is 1.70 bits per heavy atom. The Morgan fingerprint density at radius 3 is 2.23 bits per heavy atom. The van der Waals surface area contributed by atoms with Gasteiger partial charge < -0.3 is 69.9 Å². The molecule has 2 rings (SSSR count). The van der Waals surface area contributed by atoms with Gasteiger partial charge in [0, 0.05) is 44.5 Å². The van der Waals surface area contributed by atoms with Crippen molar-refractivity contribution in [1.82, 2.24) is 15.5 Å². The first kappa shape index (κ1) is 51.1. The molecule has 0 bridgehead atoms. The summed E-state index contributed by atoms with van der Waals surface area (Å²) in [6, 6.07) is -0.463. The number of rotatable bonds is 24. The largest absolute Gasteiger partial charge is 0.481 e. The molecule has 0 saturated carbocycles. The van der Waals surface area contributed by atoms with Gasteiger partial charge in [0.05, 0.1) is 47.6 Å². The second-order valence-corrected chi connectivity index (χ2v) is 18.0. The zero-order valence-electron chi connectivity index (χ0n) is 36.9. The molecule has 0 aromatic rings. The lowest BCUT2D eigenvalue weighted by atomic mass is 9.75. The maximum absolute atomic E-state index is 12.6. The number of aliphatic hydroxyl groups excluding tert-OH is 2. The molecule has 2 saturated heterocycles. The molecule has 4 unspecified atom stereocenters. The molecule has 17 atom stereocenters. The van der Waals surface area contributed by atoms with Gasteiger partial charge in [-0.25, -0.2) is 0 Å². The first-order chi connectivity index (χ1) is 25.8. The van der Waals surface area contributed by atoms with Crippen molar-refractivity contribution in [3.63, 3.8) is 0 Å². The summed E-state index contributed by atoms with van der Waals surface area (Å²) in [6.45, 7) is 21.3. The van der Waals surface area contributed by atoms with Gasteiger partial charge in [0.2, 0.25) is 0 Å². The molecule has 15 nitrogen and oxygen atoms in total. The molecule has 332 valence electrons. The average molecular weight is 808 g/mol. The summed E-state index contributed by atoms with van der Waals surface area (Å²) in [6.07, 6.45) is -5.13. The highest BCUT2D eigenvalue weighted by Crippen LogP contribution is 2.42. The van der Waals surface area contributed by atoms with E-state index in [0.717, 1.165) is 6.42 Å². The quantitative estimate of drug-likeness (QED) is 0.0659. The van der Waals surface area contributed by atoms with Crippen LogP contribution in [0.15, 0.2) is 0 Å². The molecule has 15 heteroatoms. The van der Waals surface area contributed by atoms with Crippen LogP contribution < -0.4 is 10.6 Å². The van der Waals surface area contributed by atoms with Crippen LogP contribution in [-0.2, 0) is 28.5 Å². The van der Waals surface area contributed by atoms with Crippen LogP contribution in [-0.4, -0.2) is 166 Å². The first-order valence-electron chi connectivity index (χ1n) is 20.8. The summed E-state index contributed by atoms with van der Waals surface area (Å²) in [5.74, 6) is -2.62. The van der Waals surface area contributed by atoms with Gasteiger partial charge in [-0.1, -0.05) is 27.7 Å². The predicted octanol–water partition coefficient (Wildman–Crippen LogP) is 2.48. The first-order valence-corrected chi connectivity index (χ1v) is 20.8. The number of ether oxygens (including phenoxy) is 5. The van der Waals surface area contributed by atoms with Crippen LogP contribution in [0.5, 0.6) is 0 Å². The number of aliphatic carboxylic acids is 1. The third-order valence-electron chi connectivity index (χ3n) is 13.0. The van der Waals surface area contributed by atoms with Crippen molar-refractivity contribution in [2.24, 2.45) is 17.8 Å². The molecule has 8 N–H and O–H groups in total. The number of carboxylic acids is 1. The Labute approximate surface area is 337 Å². The summed E-state index contributed by atoms with van der Waals surface area (Å²) in [5.41, 5.74) is -5.42. The number of carbonyl (C=O) groups is 1. The smallest absolute Gasteiger partial charge is 0.308 e. The van der Waals surface area contributed by atoms with Crippen molar-refractivity contribution in [3.05, 3.63) is 0 Å². The molecule has 0 amide bonds. The molecule has 0 aliphatic carbocycles. The van der Waals surface area contributed by atoms with Gasteiger partial charge in [0.25, 0.3) is 0 Å². The normalized spacial score (nSPS) is 34.8. The number of hydrogen-bond acceptors (Lipinski definition) is 14. The van der Waals surface area contributed by atoms with Crippen LogP contribution in [0.4, 0.5) is 0 Å². The Balaban J connectivity index is 2.44. The molecule has 0 radical (unpaired) electrons. The molecule has 0 spiro atoms. The number of carboxylic acid groups (broad SMARTS) is 1. The Bertz CT molecular complexity index is 1180. The minimum atomic E-state index is -1.58. The van der Waals surface area contributed by atoms with Crippen LogP contribution in [0.2, 0.25) is 0 Å². The van der Waals surface area contributed by atoms with E-state index >= 15 is 0 Å². The van der Waals surface area contributed by atoms with E-state index in [1.807, 2.05) is 60.5 Å². The van der Waals surface area contributed by atoms with E-state index in [2.05, 4.69) is 10.6 Å². The second kappa shape index (κ2) is 21.5. The zero-order chi connectivity index (χ0) is 43.0.